The maximum atomic E-state index is 11.4. The minimum Gasteiger partial charge on any atom is -0.458 e. The Bertz CT molecular complexity index is 231. The van der Waals surface area contributed by atoms with Crippen molar-refractivity contribution in [2.75, 3.05) is 6.61 Å². The first-order valence-corrected chi connectivity index (χ1v) is 5.32. The zero-order valence-electron chi connectivity index (χ0n) is 10.2. The number of rotatable bonds is 6. The van der Waals surface area contributed by atoms with Crippen LogP contribution in [0.15, 0.2) is 12.2 Å². The lowest BCUT2D eigenvalue weighted by Crippen LogP contribution is -2.36. The standard InChI is InChI=1S/C12H22O3/c1-6-7-10(12(4,5)8-13)15-11(14)9(2)3/h10,13H,2,6-8H2,1,3-5H3. The van der Waals surface area contributed by atoms with Gasteiger partial charge in [-0.2, -0.15) is 0 Å². The molecule has 0 rings (SSSR count). The van der Waals surface area contributed by atoms with E-state index in [1.165, 1.54) is 0 Å². The van der Waals surface area contributed by atoms with Gasteiger partial charge in [-0.05, 0) is 13.3 Å². The highest BCUT2D eigenvalue weighted by Gasteiger charge is 2.31. The van der Waals surface area contributed by atoms with E-state index in [2.05, 4.69) is 6.58 Å². The Kier molecular flexibility index (Phi) is 5.58. The molecule has 3 heteroatoms. The number of esters is 1. The molecule has 0 spiro atoms. The second-order valence-corrected chi connectivity index (χ2v) is 4.61. The molecule has 1 N–H and O–H groups in total. The summed E-state index contributed by atoms with van der Waals surface area (Å²) in [5.74, 6) is -0.380. The van der Waals surface area contributed by atoms with Crippen LogP contribution in [0.3, 0.4) is 0 Å². The van der Waals surface area contributed by atoms with E-state index >= 15 is 0 Å². The maximum absolute atomic E-state index is 11.4. The van der Waals surface area contributed by atoms with Crippen molar-refractivity contribution in [1.29, 1.82) is 0 Å². The lowest BCUT2D eigenvalue weighted by atomic mass is 9.85. The van der Waals surface area contributed by atoms with E-state index in [1.54, 1.807) is 6.92 Å². The SMILES string of the molecule is C=C(C)C(=O)OC(CCC)C(C)(C)CO. The third kappa shape index (κ3) is 4.47. The molecule has 15 heavy (non-hydrogen) atoms. The Morgan fingerprint density at radius 3 is 2.40 bits per heavy atom. The number of ether oxygens (including phenoxy) is 1. The van der Waals surface area contributed by atoms with E-state index in [9.17, 15) is 9.90 Å². The predicted molar refractivity (Wildman–Crippen MR) is 60.5 cm³/mol. The van der Waals surface area contributed by atoms with Gasteiger partial charge in [-0.3, -0.25) is 0 Å². The van der Waals surface area contributed by atoms with Gasteiger partial charge >= 0.3 is 5.97 Å². The molecule has 1 atom stereocenters. The van der Waals surface area contributed by atoms with Gasteiger partial charge in [0.25, 0.3) is 0 Å². The van der Waals surface area contributed by atoms with Crippen LogP contribution in [0, 0.1) is 5.41 Å². The molecule has 0 saturated carbocycles. The quantitative estimate of drug-likeness (QED) is 0.545. The van der Waals surface area contributed by atoms with Crippen LogP contribution in [0.25, 0.3) is 0 Å². The predicted octanol–water partition coefficient (Wildman–Crippen LogP) is 2.29. The van der Waals surface area contributed by atoms with Crippen molar-refractivity contribution >= 4 is 5.97 Å². The number of hydrogen-bond donors (Lipinski definition) is 1. The summed E-state index contributed by atoms with van der Waals surface area (Å²) in [6.45, 7) is 11.0. The molecular formula is C12H22O3. The Balaban J connectivity index is 4.54. The molecule has 0 saturated heterocycles. The summed E-state index contributed by atoms with van der Waals surface area (Å²) in [5, 5.41) is 9.23. The highest BCUT2D eigenvalue weighted by molar-refractivity contribution is 5.87. The van der Waals surface area contributed by atoms with Gasteiger partial charge < -0.3 is 9.84 Å². The molecule has 0 aliphatic rings. The van der Waals surface area contributed by atoms with E-state index in [-0.39, 0.29) is 18.7 Å². The first-order valence-electron chi connectivity index (χ1n) is 5.32. The Morgan fingerprint density at radius 2 is 2.07 bits per heavy atom. The van der Waals surface area contributed by atoms with Gasteiger partial charge in [0.05, 0.1) is 6.61 Å². The first kappa shape index (κ1) is 14.2. The van der Waals surface area contributed by atoms with Gasteiger partial charge in [-0.25, -0.2) is 4.79 Å². The fraction of sp³-hybridized carbons (Fsp3) is 0.750. The van der Waals surface area contributed by atoms with E-state index in [0.29, 0.717) is 5.57 Å². The van der Waals surface area contributed by atoms with E-state index in [1.807, 2.05) is 20.8 Å². The first-order chi connectivity index (χ1) is 6.85. The number of carbonyl (C=O) groups is 1. The maximum Gasteiger partial charge on any atom is 0.333 e. The summed E-state index contributed by atoms with van der Waals surface area (Å²) in [5.41, 5.74) is -0.00829. The fourth-order valence-corrected chi connectivity index (χ4v) is 1.20. The summed E-state index contributed by atoms with van der Waals surface area (Å²) in [7, 11) is 0. The smallest absolute Gasteiger partial charge is 0.333 e. The molecule has 0 radical (unpaired) electrons. The molecule has 0 aliphatic heterocycles. The van der Waals surface area contributed by atoms with E-state index in [0.717, 1.165) is 12.8 Å². The van der Waals surface area contributed by atoms with Crippen LogP contribution in [-0.4, -0.2) is 23.8 Å². The zero-order valence-corrected chi connectivity index (χ0v) is 10.2. The third-order valence-electron chi connectivity index (χ3n) is 2.43. The molecule has 0 heterocycles. The second kappa shape index (κ2) is 5.91. The zero-order chi connectivity index (χ0) is 12.1. The van der Waals surface area contributed by atoms with Crippen molar-refractivity contribution in [3.63, 3.8) is 0 Å². The van der Waals surface area contributed by atoms with Crippen LogP contribution >= 0.6 is 0 Å². The van der Waals surface area contributed by atoms with Gasteiger partial charge in [0.1, 0.15) is 6.10 Å². The molecule has 3 nitrogen and oxygen atoms in total. The van der Waals surface area contributed by atoms with Crippen molar-refractivity contribution in [3.8, 4) is 0 Å². The Morgan fingerprint density at radius 1 is 1.53 bits per heavy atom. The van der Waals surface area contributed by atoms with Crippen molar-refractivity contribution in [2.45, 2.75) is 46.6 Å². The molecule has 88 valence electrons. The van der Waals surface area contributed by atoms with Crippen LogP contribution in [0.5, 0.6) is 0 Å². The van der Waals surface area contributed by atoms with E-state index < -0.39 is 5.41 Å². The molecule has 1 unspecified atom stereocenters. The highest BCUT2D eigenvalue weighted by atomic mass is 16.5. The molecule has 0 aromatic rings. The lowest BCUT2D eigenvalue weighted by Gasteiger charge is -2.32. The van der Waals surface area contributed by atoms with Crippen LogP contribution in [0.4, 0.5) is 0 Å². The van der Waals surface area contributed by atoms with Crippen molar-refractivity contribution < 1.29 is 14.6 Å². The van der Waals surface area contributed by atoms with Crippen molar-refractivity contribution in [1.82, 2.24) is 0 Å². The van der Waals surface area contributed by atoms with Crippen molar-refractivity contribution in [3.05, 3.63) is 12.2 Å². The monoisotopic (exact) mass is 214 g/mol. The minimum absolute atomic E-state index is 0.00113. The average molecular weight is 214 g/mol. The number of hydrogen-bond acceptors (Lipinski definition) is 3. The van der Waals surface area contributed by atoms with Gasteiger partial charge in [0.15, 0.2) is 0 Å². The van der Waals surface area contributed by atoms with Gasteiger partial charge in [0, 0.05) is 11.0 Å². The summed E-state index contributed by atoms with van der Waals surface area (Å²) in [6, 6.07) is 0. The van der Waals surface area contributed by atoms with Crippen molar-refractivity contribution in [2.24, 2.45) is 5.41 Å². The normalized spacial score (nSPS) is 13.4. The largest absolute Gasteiger partial charge is 0.458 e. The molecule has 0 amide bonds. The summed E-state index contributed by atoms with van der Waals surface area (Å²) >= 11 is 0. The second-order valence-electron chi connectivity index (χ2n) is 4.61. The van der Waals surface area contributed by atoms with Gasteiger partial charge in [-0.15, -0.1) is 0 Å². The molecule has 0 aromatic heterocycles. The van der Waals surface area contributed by atoms with Crippen LogP contribution in [0.2, 0.25) is 0 Å². The molecule has 0 aliphatic carbocycles. The number of aliphatic hydroxyl groups is 1. The van der Waals surface area contributed by atoms with Gasteiger partial charge in [-0.1, -0.05) is 33.8 Å². The van der Waals surface area contributed by atoms with Crippen LogP contribution in [0.1, 0.15) is 40.5 Å². The van der Waals surface area contributed by atoms with E-state index in [4.69, 9.17) is 4.74 Å². The summed E-state index contributed by atoms with van der Waals surface area (Å²) in [6.07, 6.45) is 1.42. The molecule has 0 bridgehead atoms. The topological polar surface area (TPSA) is 46.5 Å². The molecule has 0 fully saturated rings. The van der Waals surface area contributed by atoms with Crippen LogP contribution in [-0.2, 0) is 9.53 Å². The summed E-state index contributed by atoms with van der Waals surface area (Å²) in [4.78, 5) is 11.4. The number of aliphatic hydroxyl groups excluding tert-OH is 1. The average Bonchev–Trinajstić information content (AvgIpc) is 2.16. The minimum atomic E-state index is -0.402. The number of carbonyl (C=O) groups excluding carboxylic acids is 1. The van der Waals surface area contributed by atoms with Crippen LogP contribution < -0.4 is 0 Å². The van der Waals surface area contributed by atoms with Gasteiger partial charge in [0.2, 0.25) is 0 Å². The Labute approximate surface area is 92.1 Å². The highest BCUT2D eigenvalue weighted by Crippen LogP contribution is 2.26. The molecule has 0 aromatic carbocycles. The Hall–Kier alpha value is -0.830. The summed E-state index contributed by atoms with van der Waals surface area (Å²) < 4.78 is 5.31. The fourth-order valence-electron chi connectivity index (χ4n) is 1.20. The molecular weight excluding hydrogens is 192 g/mol. The third-order valence-corrected chi connectivity index (χ3v) is 2.43. The lowest BCUT2D eigenvalue weighted by molar-refractivity contribution is -0.152.